The lowest BCUT2D eigenvalue weighted by Gasteiger charge is -2.07. The number of nitrogens with one attached hydrogen (secondary N) is 1. The minimum atomic E-state index is 0.635. The van der Waals surface area contributed by atoms with E-state index >= 15 is 0 Å². The molecule has 0 saturated heterocycles. The molecule has 1 aromatic heterocycles. The fraction of sp³-hybridized carbons (Fsp3) is 0.143. The summed E-state index contributed by atoms with van der Waals surface area (Å²) in [7, 11) is 0. The van der Waals surface area contributed by atoms with Crippen molar-refractivity contribution in [3.05, 3.63) is 59.3 Å². The first kappa shape index (κ1) is 11.3. The first-order valence-corrected chi connectivity index (χ1v) is 5.49. The number of aldehydes is 1. The van der Waals surface area contributed by atoms with Crippen LogP contribution in [0.15, 0.2) is 42.6 Å². The summed E-state index contributed by atoms with van der Waals surface area (Å²) in [4.78, 5) is 14.8. The normalized spacial score (nSPS) is 9.94. The number of hydrogen-bond acceptors (Lipinski definition) is 3. The van der Waals surface area contributed by atoms with Gasteiger partial charge in [-0.25, -0.2) is 4.98 Å². The van der Waals surface area contributed by atoms with Crippen molar-refractivity contribution in [3.8, 4) is 0 Å². The zero-order chi connectivity index (χ0) is 12.1. The second-order valence-corrected chi connectivity index (χ2v) is 3.88. The third-order valence-electron chi connectivity index (χ3n) is 2.59. The first-order valence-electron chi connectivity index (χ1n) is 5.49. The van der Waals surface area contributed by atoms with Crippen LogP contribution in [0.1, 0.15) is 21.5 Å². The van der Waals surface area contributed by atoms with Crippen molar-refractivity contribution < 1.29 is 4.79 Å². The molecule has 3 heteroatoms. The number of anilines is 1. The Hall–Kier alpha value is -2.16. The lowest BCUT2D eigenvalue weighted by Crippen LogP contribution is -2.02. The zero-order valence-electron chi connectivity index (χ0n) is 9.68. The number of pyridine rings is 1. The van der Waals surface area contributed by atoms with E-state index < -0.39 is 0 Å². The Balaban J connectivity index is 2.05. The molecule has 0 spiro atoms. The van der Waals surface area contributed by atoms with Crippen LogP contribution in [-0.2, 0) is 6.54 Å². The molecule has 2 aromatic rings. The van der Waals surface area contributed by atoms with Gasteiger partial charge in [0.15, 0.2) is 6.29 Å². The van der Waals surface area contributed by atoms with Crippen LogP contribution in [0.5, 0.6) is 0 Å². The Morgan fingerprint density at radius 3 is 2.71 bits per heavy atom. The second kappa shape index (κ2) is 5.25. The van der Waals surface area contributed by atoms with E-state index in [1.54, 1.807) is 6.20 Å². The van der Waals surface area contributed by atoms with Crippen molar-refractivity contribution in [1.29, 1.82) is 0 Å². The summed E-state index contributed by atoms with van der Waals surface area (Å²) in [5.74, 6) is 0.789. The average Bonchev–Trinajstić information content (AvgIpc) is 2.38. The highest BCUT2D eigenvalue weighted by Gasteiger charge is 2.00. The lowest BCUT2D eigenvalue weighted by molar-refractivity contribution is 0.112. The van der Waals surface area contributed by atoms with Gasteiger partial charge in [-0.1, -0.05) is 30.3 Å². The van der Waals surface area contributed by atoms with Crippen molar-refractivity contribution in [3.63, 3.8) is 0 Å². The Bertz CT molecular complexity index is 509. The molecule has 0 fully saturated rings. The molecule has 0 saturated carbocycles. The number of aryl methyl sites for hydroxylation is 1. The Morgan fingerprint density at radius 2 is 2.06 bits per heavy atom. The summed E-state index contributed by atoms with van der Waals surface area (Å²) >= 11 is 0. The SMILES string of the molecule is Cc1cc(NCc2ccccc2)ncc1C=O. The monoisotopic (exact) mass is 226 g/mol. The maximum atomic E-state index is 10.7. The molecule has 0 aliphatic carbocycles. The van der Waals surface area contributed by atoms with Crippen LogP contribution in [-0.4, -0.2) is 11.3 Å². The summed E-state index contributed by atoms with van der Waals surface area (Å²) in [6, 6.07) is 12.0. The van der Waals surface area contributed by atoms with E-state index in [-0.39, 0.29) is 0 Å². The number of carbonyl (C=O) groups excluding carboxylic acids is 1. The van der Waals surface area contributed by atoms with E-state index in [4.69, 9.17) is 0 Å². The summed E-state index contributed by atoms with van der Waals surface area (Å²) in [5.41, 5.74) is 2.77. The third kappa shape index (κ3) is 2.91. The van der Waals surface area contributed by atoms with E-state index in [1.807, 2.05) is 31.2 Å². The smallest absolute Gasteiger partial charge is 0.151 e. The van der Waals surface area contributed by atoms with Gasteiger partial charge in [0.1, 0.15) is 5.82 Å². The van der Waals surface area contributed by atoms with Crippen molar-refractivity contribution in [2.45, 2.75) is 13.5 Å². The Kier molecular flexibility index (Phi) is 3.50. The quantitative estimate of drug-likeness (QED) is 0.815. The van der Waals surface area contributed by atoms with Gasteiger partial charge in [0.2, 0.25) is 0 Å². The molecule has 86 valence electrons. The van der Waals surface area contributed by atoms with Crippen LogP contribution < -0.4 is 5.32 Å². The standard InChI is InChI=1S/C14H14N2O/c1-11-7-14(16-9-13(11)10-17)15-8-12-5-3-2-4-6-12/h2-7,9-10H,8H2,1H3,(H,15,16). The predicted molar refractivity (Wildman–Crippen MR) is 68.1 cm³/mol. The summed E-state index contributed by atoms with van der Waals surface area (Å²) in [6.45, 7) is 2.63. The van der Waals surface area contributed by atoms with Crippen LogP contribution in [0.2, 0.25) is 0 Å². The molecule has 2 rings (SSSR count). The van der Waals surface area contributed by atoms with Gasteiger partial charge < -0.3 is 5.32 Å². The molecule has 1 heterocycles. The molecule has 0 atom stereocenters. The molecule has 0 bridgehead atoms. The highest BCUT2D eigenvalue weighted by Crippen LogP contribution is 2.11. The maximum absolute atomic E-state index is 10.7. The van der Waals surface area contributed by atoms with Gasteiger partial charge in [0.25, 0.3) is 0 Å². The van der Waals surface area contributed by atoms with Gasteiger partial charge in [0.05, 0.1) is 0 Å². The number of aromatic nitrogens is 1. The van der Waals surface area contributed by atoms with Crippen LogP contribution in [0.4, 0.5) is 5.82 Å². The van der Waals surface area contributed by atoms with Crippen LogP contribution in [0, 0.1) is 6.92 Å². The van der Waals surface area contributed by atoms with Crippen LogP contribution >= 0.6 is 0 Å². The Morgan fingerprint density at radius 1 is 1.29 bits per heavy atom. The van der Waals surface area contributed by atoms with Gasteiger partial charge >= 0.3 is 0 Å². The molecular formula is C14H14N2O. The van der Waals surface area contributed by atoms with E-state index in [9.17, 15) is 4.79 Å². The van der Waals surface area contributed by atoms with E-state index in [2.05, 4.69) is 22.4 Å². The average molecular weight is 226 g/mol. The van der Waals surface area contributed by atoms with Crippen LogP contribution in [0.3, 0.4) is 0 Å². The predicted octanol–water partition coefficient (Wildman–Crippen LogP) is 2.81. The number of hydrogen-bond donors (Lipinski definition) is 1. The maximum Gasteiger partial charge on any atom is 0.151 e. The van der Waals surface area contributed by atoms with Crippen molar-refractivity contribution >= 4 is 12.1 Å². The van der Waals surface area contributed by atoms with E-state index in [0.717, 1.165) is 24.2 Å². The van der Waals surface area contributed by atoms with Gasteiger partial charge in [-0.3, -0.25) is 4.79 Å². The molecule has 0 aliphatic heterocycles. The lowest BCUT2D eigenvalue weighted by atomic mass is 10.2. The van der Waals surface area contributed by atoms with Gasteiger partial charge in [0, 0.05) is 18.3 Å². The zero-order valence-corrected chi connectivity index (χ0v) is 9.68. The number of benzene rings is 1. The third-order valence-corrected chi connectivity index (χ3v) is 2.59. The molecule has 0 radical (unpaired) electrons. The second-order valence-electron chi connectivity index (χ2n) is 3.88. The fourth-order valence-corrected chi connectivity index (χ4v) is 1.58. The van der Waals surface area contributed by atoms with Crippen molar-refractivity contribution in [2.75, 3.05) is 5.32 Å². The van der Waals surface area contributed by atoms with Crippen LogP contribution in [0.25, 0.3) is 0 Å². The van der Waals surface area contributed by atoms with Crippen molar-refractivity contribution in [2.24, 2.45) is 0 Å². The minimum Gasteiger partial charge on any atom is -0.366 e. The fourth-order valence-electron chi connectivity index (χ4n) is 1.58. The molecule has 0 aliphatic rings. The van der Waals surface area contributed by atoms with Gasteiger partial charge in [-0.05, 0) is 24.1 Å². The molecule has 1 N–H and O–H groups in total. The number of carbonyl (C=O) groups is 1. The summed E-state index contributed by atoms with van der Waals surface area (Å²) in [6.07, 6.45) is 2.42. The van der Waals surface area contributed by atoms with E-state index in [0.29, 0.717) is 5.56 Å². The van der Waals surface area contributed by atoms with Crippen molar-refractivity contribution in [1.82, 2.24) is 4.98 Å². The molecule has 0 amide bonds. The molecular weight excluding hydrogens is 212 g/mol. The number of nitrogens with zero attached hydrogens (tertiary/aromatic N) is 1. The molecule has 0 unspecified atom stereocenters. The van der Waals surface area contributed by atoms with Gasteiger partial charge in [-0.2, -0.15) is 0 Å². The highest BCUT2D eigenvalue weighted by atomic mass is 16.1. The number of rotatable bonds is 4. The Labute approximate surface area is 101 Å². The minimum absolute atomic E-state index is 0.635. The summed E-state index contributed by atoms with van der Waals surface area (Å²) in [5, 5.41) is 3.23. The van der Waals surface area contributed by atoms with E-state index in [1.165, 1.54) is 5.56 Å². The first-order chi connectivity index (χ1) is 8.29. The topological polar surface area (TPSA) is 42.0 Å². The summed E-state index contributed by atoms with van der Waals surface area (Å²) < 4.78 is 0. The molecule has 3 nitrogen and oxygen atoms in total. The molecule has 1 aromatic carbocycles. The molecule has 17 heavy (non-hydrogen) atoms. The highest BCUT2D eigenvalue weighted by molar-refractivity contribution is 5.77. The largest absolute Gasteiger partial charge is 0.366 e. The van der Waals surface area contributed by atoms with Gasteiger partial charge in [-0.15, -0.1) is 0 Å².